The number of nitrogens with one attached hydrogen (secondary N) is 2. The van der Waals surface area contributed by atoms with Crippen LogP contribution in [0.5, 0.6) is 5.75 Å². The van der Waals surface area contributed by atoms with Gasteiger partial charge in [0.15, 0.2) is 5.82 Å². The van der Waals surface area contributed by atoms with Gasteiger partial charge in [-0.2, -0.15) is 0 Å². The molecule has 0 saturated heterocycles. The monoisotopic (exact) mass is 398 g/mol. The summed E-state index contributed by atoms with van der Waals surface area (Å²) in [5.41, 5.74) is 1.98. The van der Waals surface area contributed by atoms with Gasteiger partial charge in [0, 0.05) is 18.6 Å². The van der Waals surface area contributed by atoms with Gasteiger partial charge in [-0.05, 0) is 64.2 Å². The molecule has 0 spiro atoms. The molecule has 1 aliphatic heterocycles. The van der Waals surface area contributed by atoms with E-state index in [9.17, 15) is 9.59 Å². The van der Waals surface area contributed by atoms with Crippen LogP contribution in [0, 0.1) is 0 Å². The number of benzene rings is 1. The summed E-state index contributed by atoms with van der Waals surface area (Å²) < 4.78 is 7.07. The molecule has 0 unspecified atom stereocenters. The second-order valence-electron chi connectivity index (χ2n) is 8.40. The average Bonchev–Trinajstić information content (AvgIpc) is 3.07. The fourth-order valence-corrected chi connectivity index (χ4v) is 3.49. The Morgan fingerprint density at radius 2 is 1.86 bits per heavy atom. The predicted molar refractivity (Wildman–Crippen MR) is 111 cm³/mol. The zero-order valence-electron chi connectivity index (χ0n) is 17.7. The molecule has 29 heavy (non-hydrogen) atoms. The number of fused-ring (bicyclic) bond motifs is 1. The second-order valence-corrected chi connectivity index (χ2v) is 8.40. The van der Waals surface area contributed by atoms with Crippen LogP contribution < -0.4 is 15.4 Å². The van der Waals surface area contributed by atoms with Crippen molar-refractivity contribution in [3.63, 3.8) is 0 Å². The van der Waals surface area contributed by atoms with Crippen molar-refractivity contribution >= 4 is 11.8 Å². The van der Waals surface area contributed by atoms with Gasteiger partial charge in [0.1, 0.15) is 11.4 Å². The first-order chi connectivity index (χ1) is 13.8. The Balaban J connectivity index is 1.70. The first-order valence-corrected chi connectivity index (χ1v) is 10.1. The van der Waals surface area contributed by atoms with E-state index in [1.165, 1.54) is 0 Å². The number of imidazole rings is 1. The molecule has 0 fully saturated rings. The summed E-state index contributed by atoms with van der Waals surface area (Å²) in [6.45, 7) is 7.00. The van der Waals surface area contributed by atoms with Crippen LogP contribution in [0.2, 0.25) is 0 Å². The zero-order valence-corrected chi connectivity index (χ0v) is 17.7. The van der Waals surface area contributed by atoms with Crippen LogP contribution >= 0.6 is 0 Å². The van der Waals surface area contributed by atoms with Crippen molar-refractivity contribution in [2.75, 3.05) is 13.7 Å². The molecule has 2 N–H and O–H groups in total. The summed E-state index contributed by atoms with van der Waals surface area (Å²) in [5.74, 6) is 0.676. The van der Waals surface area contributed by atoms with Crippen molar-refractivity contribution in [1.29, 1.82) is 0 Å². The minimum atomic E-state index is -0.362. The Kier molecular flexibility index (Phi) is 6.25. The van der Waals surface area contributed by atoms with E-state index in [2.05, 4.69) is 15.6 Å². The maximum Gasteiger partial charge on any atom is 0.287 e. The predicted octanol–water partition coefficient (Wildman–Crippen LogP) is 2.73. The Morgan fingerprint density at radius 3 is 2.52 bits per heavy atom. The average molecular weight is 399 g/mol. The van der Waals surface area contributed by atoms with E-state index in [4.69, 9.17) is 4.74 Å². The van der Waals surface area contributed by atoms with E-state index in [-0.39, 0.29) is 17.4 Å². The number of ether oxygens (including phenoxy) is 1. The lowest BCUT2D eigenvalue weighted by Crippen LogP contribution is -2.42. The van der Waals surface area contributed by atoms with Crippen molar-refractivity contribution in [3.05, 3.63) is 47.0 Å². The first kappa shape index (κ1) is 20.9. The third-order valence-electron chi connectivity index (χ3n) is 4.88. The highest BCUT2D eigenvalue weighted by Crippen LogP contribution is 2.21. The van der Waals surface area contributed by atoms with Gasteiger partial charge in [-0.3, -0.25) is 9.59 Å². The number of aromatic nitrogens is 2. The number of methoxy groups -OCH3 is 1. The van der Waals surface area contributed by atoms with Crippen molar-refractivity contribution in [3.8, 4) is 5.75 Å². The Morgan fingerprint density at radius 1 is 1.14 bits per heavy atom. The number of amides is 2. The molecule has 0 atom stereocenters. The molecule has 1 aromatic heterocycles. The molecule has 0 saturated carbocycles. The molecule has 0 radical (unpaired) electrons. The third kappa shape index (κ3) is 5.16. The maximum atomic E-state index is 12.8. The van der Waals surface area contributed by atoms with Crippen LogP contribution in [0.25, 0.3) is 0 Å². The largest absolute Gasteiger partial charge is 0.497 e. The van der Waals surface area contributed by atoms with Crippen molar-refractivity contribution in [2.45, 2.75) is 58.5 Å². The number of carbonyl (C=O) groups is 2. The lowest BCUT2D eigenvalue weighted by Gasteiger charge is -2.22. The highest BCUT2D eigenvalue weighted by Gasteiger charge is 2.28. The molecule has 3 rings (SSSR count). The highest BCUT2D eigenvalue weighted by molar-refractivity contribution is 5.97. The fraction of sp³-hybridized carbons (Fsp3) is 0.500. The zero-order chi connectivity index (χ0) is 21.0. The van der Waals surface area contributed by atoms with Crippen LogP contribution in [0.3, 0.4) is 0 Å². The molecule has 2 heterocycles. The van der Waals surface area contributed by atoms with E-state index < -0.39 is 0 Å². The van der Waals surface area contributed by atoms with Gasteiger partial charge in [0.25, 0.3) is 11.8 Å². The minimum Gasteiger partial charge on any atom is -0.497 e. The Bertz CT molecular complexity index is 879. The van der Waals surface area contributed by atoms with E-state index in [1.807, 2.05) is 49.6 Å². The number of nitrogens with zero attached hydrogens (tertiary/aromatic N) is 2. The van der Waals surface area contributed by atoms with Crippen molar-refractivity contribution in [2.24, 2.45) is 0 Å². The summed E-state index contributed by atoms with van der Waals surface area (Å²) in [4.78, 5) is 29.9. The maximum absolute atomic E-state index is 12.8. The molecule has 2 amide bonds. The third-order valence-corrected chi connectivity index (χ3v) is 4.88. The molecule has 1 aromatic carbocycles. The fourth-order valence-electron chi connectivity index (χ4n) is 3.49. The summed E-state index contributed by atoms with van der Waals surface area (Å²) >= 11 is 0. The SMILES string of the molecule is COc1ccc(CCNC(=O)c2nc(C(=O)NC(C)(C)C)n3c2CCCC3)cc1. The molecule has 2 aromatic rings. The van der Waals surface area contributed by atoms with Gasteiger partial charge in [-0.25, -0.2) is 4.98 Å². The molecule has 1 aliphatic rings. The number of hydrogen-bond acceptors (Lipinski definition) is 4. The molecule has 7 nitrogen and oxygen atoms in total. The van der Waals surface area contributed by atoms with E-state index in [0.29, 0.717) is 31.0 Å². The standard InChI is InChI=1S/C22H30N4O3/c1-22(2,3)25-21(28)19-24-18(17-7-5-6-14-26(17)19)20(27)23-13-12-15-8-10-16(29-4)11-9-15/h8-11H,5-7,12-14H2,1-4H3,(H,23,27)(H,25,28). The van der Waals surface area contributed by atoms with Gasteiger partial charge in [-0.1, -0.05) is 12.1 Å². The Labute approximate surface area is 171 Å². The molecular weight excluding hydrogens is 368 g/mol. The lowest BCUT2D eigenvalue weighted by atomic mass is 10.1. The summed E-state index contributed by atoms with van der Waals surface area (Å²) in [6.07, 6.45) is 3.45. The van der Waals surface area contributed by atoms with Gasteiger partial charge >= 0.3 is 0 Å². The Hall–Kier alpha value is -2.83. The lowest BCUT2D eigenvalue weighted by molar-refractivity contribution is 0.0903. The minimum absolute atomic E-state index is 0.223. The quantitative estimate of drug-likeness (QED) is 0.784. The van der Waals surface area contributed by atoms with E-state index >= 15 is 0 Å². The normalized spacial score (nSPS) is 13.5. The van der Waals surface area contributed by atoms with E-state index in [1.54, 1.807) is 7.11 Å². The van der Waals surface area contributed by atoms with Crippen LogP contribution in [-0.4, -0.2) is 40.6 Å². The van der Waals surface area contributed by atoms with Crippen LogP contribution in [-0.2, 0) is 19.4 Å². The molecule has 0 bridgehead atoms. The second kappa shape index (κ2) is 8.68. The van der Waals surface area contributed by atoms with Crippen molar-refractivity contribution < 1.29 is 14.3 Å². The molecular formula is C22H30N4O3. The summed E-state index contributed by atoms with van der Waals surface area (Å²) in [7, 11) is 1.64. The molecule has 0 aliphatic carbocycles. The topological polar surface area (TPSA) is 85.2 Å². The van der Waals surface area contributed by atoms with Gasteiger partial charge < -0.3 is 19.9 Å². The van der Waals surface area contributed by atoms with Gasteiger partial charge in [-0.15, -0.1) is 0 Å². The molecule has 156 valence electrons. The van der Waals surface area contributed by atoms with E-state index in [0.717, 1.165) is 36.3 Å². The first-order valence-electron chi connectivity index (χ1n) is 10.1. The highest BCUT2D eigenvalue weighted by atomic mass is 16.5. The van der Waals surface area contributed by atoms with Crippen molar-refractivity contribution in [1.82, 2.24) is 20.2 Å². The number of rotatable bonds is 6. The van der Waals surface area contributed by atoms with Gasteiger partial charge in [0.05, 0.1) is 12.8 Å². The summed E-state index contributed by atoms with van der Waals surface area (Å²) in [6, 6.07) is 7.78. The van der Waals surface area contributed by atoms with Crippen LogP contribution in [0.15, 0.2) is 24.3 Å². The number of carbonyl (C=O) groups excluding carboxylic acids is 2. The van der Waals surface area contributed by atoms with Crippen LogP contribution in [0.1, 0.15) is 66.0 Å². The van der Waals surface area contributed by atoms with Crippen LogP contribution in [0.4, 0.5) is 0 Å². The molecule has 7 heteroatoms. The summed E-state index contributed by atoms with van der Waals surface area (Å²) in [5, 5.41) is 5.90. The smallest absolute Gasteiger partial charge is 0.287 e. The number of hydrogen-bond donors (Lipinski definition) is 2. The van der Waals surface area contributed by atoms with Gasteiger partial charge in [0.2, 0.25) is 0 Å².